The van der Waals surface area contributed by atoms with Crippen molar-refractivity contribution in [3.05, 3.63) is 24.0 Å². The van der Waals surface area contributed by atoms with E-state index >= 15 is 0 Å². The first kappa shape index (κ1) is 20.8. The zero-order valence-electron chi connectivity index (χ0n) is 17.1. The third kappa shape index (κ3) is 4.38. The Morgan fingerprint density at radius 2 is 1.93 bits per heavy atom. The minimum Gasteiger partial charge on any atom is -0.353 e. The Morgan fingerprint density at radius 1 is 1.25 bits per heavy atom. The van der Waals surface area contributed by atoms with Crippen LogP contribution in [-0.2, 0) is 28.3 Å². The second-order valence-electron chi connectivity index (χ2n) is 8.05. The number of hydrogen-bond acceptors (Lipinski definition) is 4. The first-order valence-corrected chi connectivity index (χ1v) is 11.3. The summed E-state index contributed by atoms with van der Waals surface area (Å²) >= 11 is 0. The maximum Gasteiger partial charge on any atom is 0.242 e. The van der Waals surface area contributed by atoms with E-state index in [1.54, 1.807) is 18.2 Å². The van der Waals surface area contributed by atoms with Gasteiger partial charge in [-0.25, -0.2) is 17.7 Å². The van der Waals surface area contributed by atoms with E-state index < -0.39 is 10.0 Å². The Bertz CT molecular complexity index is 957. The monoisotopic (exact) mass is 406 g/mol. The van der Waals surface area contributed by atoms with Gasteiger partial charge in [-0.05, 0) is 49.8 Å². The molecule has 3 rings (SSSR count). The normalized spacial score (nSPS) is 20.6. The van der Waals surface area contributed by atoms with Crippen molar-refractivity contribution in [1.82, 2.24) is 19.2 Å². The number of benzene rings is 1. The summed E-state index contributed by atoms with van der Waals surface area (Å²) in [5.41, 5.74) is 1.48. The van der Waals surface area contributed by atoms with Gasteiger partial charge in [-0.3, -0.25) is 4.79 Å². The van der Waals surface area contributed by atoms with Crippen molar-refractivity contribution in [3.63, 3.8) is 0 Å². The van der Waals surface area contributed by atoms with Crippen LogP contribution in [0, 0.1) is 5.92 Å². The van der Waals surface area contributed by atoms with E-state index in [9.17, 15) is 13.2 Å². The molecule has 1 amide bonds. The van der Waals surface area contributed by atoms with Crippen LogP contribution in [0.2, 0.25) is 0 Å². The van der Waals surface area contributed by atoms with Crippen LogP contribution < -0.4 is 5.32 Å². The molecule has 0 saturated heterocycles. The zero-order valence-corrected chi connectivity index (χ0v) is 17.9. The summed E-state index contributed by atoms with van der Waals surface area (Å²) in [6, 6.07) is 5.26. The molecule has 0 aliphatic heterocycles. The maximum absolute atomic E-state index is 12.3. The fourth-order valence-electron chi connectivity index (χ4n) is 3.75. The molecule has 0 spiro atoms. The van der Waals surface area contributed by atoms with Crippen LogP contribution in [0.15, 0.2) is 23.1 Å². The van der Waals surface area contributed by atoms with Crippen LogP contribution in [0.5, 0.6) is 0 Å². The molecule has 7 nitrogen and oxygen atoms in total. The smallest absolute Gasteiger partial charge is 0.242 e. The number of carbonyl (C=O) groups is 1. The minimum atomic E-state index is -3.50. The lowest BCUT2D eigenvalue weighted by molar-refractivity contribution is -0.122. The van der Waals surface area contributed by atoms with Gasteiger partial charge in [-0.2, -0.15) is 0 Å². The van der Waals surface area contributed by atoms with Crippen molar-refractivity contribution in [2.75, 3.05) is 14.1 Å². The highest BCUT2D eigenvalue weighted by molar-refractivity contribution is 7.89. The molecule has 154 valence electrons. The zero-order chi connectivity index (χ0) is 20.5. The summed E-state index contributed by atoms with van der Waals surface area (Å²) in [7, 11) is 1.41. The van der Waals surface area contributed by atoms with E-state index in [-0.39, 0.29) is 10.8 Å². The third-order valence-electron chi connectivity index (χ3n) is 5.68. The van der Waals surface area contributed by atoms with Gasteiger partial charge in [0.15, 0.2) is 0 Å². The Kier molecular flexibility index (Phi) is 6.09. The molecule has 28 heavy (non-hydrogen) atoms. The van der Waals surface area contributed by atoms with Crippen molar-refractivity contribution in [2.45, 2.75) is 56.4 Å². The maximum atomic E-state index is 12.3. The molecule has 1 saturated carbocycles. The lowest BCUT2D eigenvalue weighted by atomic mass is 9.87. The molecular weight excluding hydrogens is 376 g/mol. The fraction of sp³-hybridized carbons (Fsp3) is 0.600. The molecular formula is C20H30N4O3S. The van der Waals surface area contributed by atoms with Gasteiger partial charge in [0, 0.05) is 40.0 Å². The van der Waals surface area contributed by atoms with Crippen molar-refractivity contribution in [3.8, 4) is 0 Å². The third-order valence-corrected chi connectivity index (χ3v) is 7.49. The summed E-state index contributed by atoms with van der Waals surface area (Å²) in [5, 5.41) is 3.14. The number of aryl methyl sites for hydroxylation is 2. The van der Waals surface area contributed by atoms with Gasteiger partial charge in [0.2, 0.25) is 15.9 Å². The lowest BCUT2D eigenvalue weighted by Crippen LogP contribution is -2.37. The highest BCUT2D eigenvalue weighted by Crippen LogP contribution is 2.24. The van der Waals surface area contributed by atoms with E-state index in [0.717, 1.165) is 30.1 Å². The van der Waals surface area contributed by atoms with Crippen LogP contribution in [0.3, 0.4) is 0 Å². The molecule has 8 heteroatoms. The Hall–Kier alpha value is -1.93. The summed E-state index contributed by atoms with van der Waals surface area (Å²) in [5.74, 6) is 1.60. The molecule has 1 N–H and O–H groups in total. The summed E-state index contributed by atoms with van der Waals surface area (Å²) in [6.07, 6.45) is 5.37. The molecule has 0 radical (unpaired) electrons. The van der Waals surface area contributed by atoms with Crippen LogP contribution in [0.1, 0.15) is 44.9 Å². The molecule has 1 aromatic carbocycles. The average molecular weight is 407 g/mol. The molecule has 1 aliphatic carbocycles. The largest absolute Gasteiger partial charge is 0.353 e. The number of sulfonamides is 1. The summed E-state index contributed by atoms with van der Waals surface area (Å²) in [6.45, 7) is 2.26. The first-order valence-electron chi connectivity index (χ1n) is 9.85. The van der Waals surface area contributed by atoms with E-state index in [0.29, 0.717) is 24.4 Å². The molecule has 2 aromatic rings. The number of nitrogens with one attached hydrogen (secondary N) is 1. The van der Waals surface area contributed by atoms with E-state index in [4.69, 9.17) is 0 Å². The number of imidazole rings is 1. The lowest BCUT2D eigenvalue weighted by Gasteiger charge is -2.26. The molecule has 1 aliphatic rings. The fourth-order valence-corrected chi connectivity index (χ4v) is 4.68. The second kappa shape index (κ2) is 8.21. The van der Waals surface area contributed by atoms with Crippen LogP contribution in [0.25, 0.3) is 11.0 Å². The molecule has 1 aromatic heterocycles. The first-order chi connectivity index (χ1) is 13.2. The number of fused-ring (bicyclic) bond motifs is 1. The minimum absolute atomic E-state index is 0.0579. The van der Waals surface area contributed by atoms with Crippen LogP contribution in [-0.4, -0.2) is 48.3 Å². The topological polar surface area (TPSA) is 84.3 Å². The van der Waals surface area contributed by atoms with Gasteiger partial charge in [-0.1, -0.05) is 6.92 Å². The molecule has 0 unspecified atom stereocenters. The van der Waals surface area contributed by atoms with Crippen molar-refractivity contribution < 1.29 is 13.2 Å². The second-order valence-corrected chi connectivity index (χ2v) is 10.2. The van der Waals surface area contributed by atoms with Crippen molar-refractivity contribution in [1.29, 1.82) is 0 Å². The van der Waals surface area contributed by atoms with Crippen LogP contribution >= 0.6 is 0 Å². The van der Waals surface area contributed by atoms with Gasteiger partial charge >= 0.3 is 0 Å². The van der Waals surface area contributed by atoms with Gasteiger partial charge in [0.1, 0.15) is 5.82 Å². The number of amides is 1. The number of nitrogens with zero attached hydrogens (tertiary/aromatic N) is 3. The van der Waals surface area contributed by atoms with Crippen molar-refractivity contribution >= 4 is 27.0 Å². The van der Waals surface area contributed by atoms with Gasteiger partial charge < -0.3 is 9.88 Å². The SMILES string of the molecule is CC1CCC(NC(=O)CCc2nc3cc(S(=O)(=O)N(C)C)ccc3n2C)CC1. The highest BCUT2D eigenvalue weighted by Gasteiger charge is 2.21. The van der Waals surface area contributed by atoms with E-state index in [2.05, 4.69) is 17.2 Å². The number of aromatic nitrogens is 2. The average Bonchev–Trinajstić information content (AvgIpc) is 2.97. The van der Waals surface area contributed by atoms with Crippen LogP contribution in [0.4, 0.5) is 0 Å². The van der Waals surface area contributed by atoms with Crippen molar-refractivity contribution in [2.24, 2.45) is 13.0 Å². The number of rotatable bonds is 6. The molecule has 0 atom stereocenters. The number of hydrogen-bond donors (Lipinski definition) is 1. The number of carbonyl (C=O) groups excluding carboxylic acids is 1. The van der Waals surface area contributed by atoms with Gasteiger partial charge in [0.25, 0.3) is 0 Å². The summed E-state index contributed by atoms with van der Waals surface area (Å²) < 4.78 is 27.8. The molecule has 1 fully saturated rings. The predicted molar refractivity (Wildman–Crippen MR) is 109 cm³/mol. The predicted octanol–water partition coefficient (Wildman–Crippen LogP) is 2.45. The van der Waals surface area contributed by atoms with E-state index in [1.165, 1.54) is 31.2 Å². The Labute approximate surface area is 167 Å². The molecule has 1 heterocycles. The Morgan fingerprint density at radius 3 is 2.57 bits per heavy atom. The Balaban J connectivity index is 1.68. The molecule has 0 bridgehead atoms. The van der Waals surface area contributed by atoms with E-state index in [1.807, 2.05) is 11.6 Å². The highest BCUT2D eigenvalue weighted by atomic mass is 32.2. The standard InChI is InChI=1S/C20H30N4O3S/c1-14-5-7-15(8-6-14)21-20(25)12-11-19-22-17-13-16(28(26,27)23(2)3)9-10-18(17)24(19)4/h9-10,13-15H,5-8,11-12H2,1-4H3,(H,21,25). The summed E-state index contributed by atoms with van der Waals surface area (Å²) in [4.78, 5) is 17.1. The van der Waals surface area contributed by atoms with Gasteiger partial charge in [0.05, 0.1) is 15.9 Å². The quantitative estimate of drug-likeness (QED) is 0.799. The van der Waals surface area contributed by atoms with Gasteiger partial charge in [-0.15, -0.1) is 0 Å².